The Balaban J connectivity index is 1.40. The SMILES string of the molecule is COc1ccc(-c2[nH]c3ccc(-c4nc(C(=O)NC5CCN(C(C)C)CC5)cs4)cc3c2C(C)C)cc1OC. The quantitative estimate of drug-likeness (QED) is 0.257. The summed E-state index contributed by atoms with van der Waals surface area (Å²) in [7, 11) is 3.30. The molecule has 0 radical (unpaired) electrons. The van der Waals surface area contributed by atoms with Gasteiger partial charge in [0.2, 0.25) is 0 Å². The lowest BCUT2D eigenvalue weighted by Crippen LogP contribution is -2.46. The normalized spacial score (nSPS) is 14.9. The van der Waals surface area contributed by atoms with Crippen molar-refractivity contribution in [2.24, 2.45) is 0 Å². The lowest BCUT2D eigenvalue weighted by molar-refractivity contribution is 0.0896. The zero-order chi connectivity index (χ0) is 27.7. The van der Waals surface area contributed by atoms with Crippen molar-refractivity contribution in [3.63, 3.8) is 0 Å². The van der Waals surface area contributed by atoms with Gasteiger partial charge in [0.25, 0.3) is 5.91 Å². The van der Waals surface area contributed by atoms with E-state index in [1.807, 2.05) is 17.5 Å². The number of benzene rings is 2. The molecule has 0 saturated carbocycles. The number of nitrogens with one attached hydrogen (secondary N) is 2. The minimum Gasteiger partial charge on any atom is -0.493 e. The fourth-order valence-corrected chi connectivity index (χ4v) is 6.29. The first-order valence-electron chi connectivity index (χ1n) is 13.7. The molecule has 2 aromatic carbocycles. The van der Waals surface area contributed by atoms with Crippen molar-refractivity contribution in [2.45, 2.75) is 58.5 Å². The van der Waals surface area contributed by atoms with E-state index in [0.29, 0.717) is 23.2 Å². The highest BCUT2D eigenvalue weighted by Gasteiger charge is 2.24. The van der Waals surface area contributed by atoms with Gasteiger partial charge in [0, 0.05) is 52.6 Å². The van der Waals surface area contributed by atoms with Crippen molar-refractivity contribution in [2.75, 3.05) is 27.3 Å². The largest absolute Gasteiger partial charge is 0.493 e. The van der Waals surface area contributed by atoms with Crippen LogP contribution in [0.4, 0.5) is 0 Å². The molecule has 0 unspecified atom stereocenters. The second-order valence-corrected chi connectivity index (χ2v) is 11.7. The predicted molar refractivity (Wildman–Crippen MR) is 159 cm³/mol. The molecular formula is C31H38N4O3S. The number of likely N-dealkylation sites (tertiary alicyclic amines) is 1. The Morgan fingerprint density at radius 1 is 1.03 bits per heavy atom. The fourth-order valence-electron chi connectivity index (χ4n) is 5.50. The first kappa shape index (κ1) is 27.2. The van der Waals surface area contributed by atoms with E-state index in [-0.39, 0.29) is 17.9 Å². The highest BCUT2D eigenvalue weighted by Crippen LogP contribution is 2.40. The van der Waals surface area contributed by atoms with Crippen LogP contribution in [-0.2, 0) is 0 Å². The van der Waals surface area contributed by atoms with Crippen LogP contribution in [-0.4, -0.2) is 60.2 Å². The van der Waals surface area contributed by atoms with Crippen molar-refractivity contribution in [1.29, 1.82) is 0 Å². The zero-order valence-electron chi connectivity index (χ0n) is 23.6. The van der Waals surface area contributed by atoms with Crippen LogP contribution in [0.25, 0.3) is 32.7 Å². The maximum absolute atomic E-state index is 13.0. The van der Waals surface area contributed by atoms with Crippen LogP contribution in [0.1, 0.15) is 62.5 Å². The zero-order valence-corrected chi connectivity index (χ0v) is 24.4. The predicted octanol–water partition coefficient (Wildman–Crippen LogP) is 6.70. The third kappa shape index (κ3) is 5.54. The molecule has 2 N–H and O–H groups in total. The summed E-state index contributed by atoms with van der Waals surface area (Å²) in [5, 5.41) is 7.08. The number of amides is 1. The van der Waals surface area contributed by atoms with Gasteiger partial charge in [0.1, 0.15) is 10.7 Å². The standard InChI is InChI=1S/C31H38N4O3S/c1-18(2)28-23-15-21(7-9-24(23)33-29(28)20-8-10-26(37-5)27(16-20)38-6)31-34-25(17-39-31)30(36)32-22-11-13-35(14-12-22)19(3)4/h7-10,15-19,22,33H,11-14H2,1-6H3,(H,32,36). The molecule has 39 heavy (non-hydrogen) atoms. The van der Waals surface area contributed by atoms with Crippen LogP contribution in [0, 0.1) is 0 Å². The van der Waals surface area contributed by atoms with Crippen LogP contribution in [0.5, 0.6) is 11.5 Å². The summed E-state index contributed by atoms with van der Waals surface area (Å²) < 4.78 is 11.0. The topological polar surface area (TPSA) is 79.5 Å². The minimum atomic E-state index is -0.0816. The van der Waals surface area contributed by atoms with E-state index in [1.54, 1.807) is 14.2 Å². The first-order chi connectivity index (χ1) is 18.8. The number of ether oxygens (including phenoxy) is 2. The number of thiazole rings is 1. The number of rotatable bonds is 8. The Hall–Kier alpha value is -3.36. The van der Waals surface area contributed by atoms with Crippen molar-refractivity contribution in [1.82, 2.24) is 20.2 Å². The summed E-state index contributed by atoms with van der Waals surface area (Å²) in [5.74, 6) is 1.61. The summed E-state index contributed by atoms with van der Waals surface area (Å²) in [5.41, 5.74) is 5.92. The van der Waals surface area contributed by atoms with Gasteiger partial charge in [-0.2, -0.15) is 0 Å². The van der Waals surface area contributed by atoms with Crippen molar-refractivity contribution in [3.8, 4) is 33.3 Å². The monoisotopic (exact) mass is 546 g/mol. The lowest BCUT2D eigenvalue weighted by atomic mass is 9.95. The number of piperidine rings is 1. The molecule has 7 nitrogen and oxygen atoms in total. The summed E-state index contributed by atoms with van der Waals surface area (Å²) in [4.78, 5) is 23.8. The second kappa shape index (κ2) is 11.4. The van der Waals surface area contributed by atoms with Crippen LogP contribution >= 0.6 is 11.3 Å². The molecule has 1 aliphatic heterocycles. The molecule has 5 rings (SSSR count). The Morgan fingerprint density at radius 3 is 2.41 bits per heavy atom. The molecule has 0 aliphatic carbocycles. The number of carbonyl (C=O) groups excluding carboxylic acids is 1. The van der Waals surface area contributed by atoms with E-state index in [2.05, 4.69) is 67.2 Å². The number of hydrogen-bond acceptors (Lipinski definition) is 6. The van der Waals surface area contributed by atoms with E-state index in [4.69, 9.17) is 14.5 Å². The molecule has 0 atom stereocenters. The van der Waals surface area contributed by atoms with Crippen LogP contribution in [0.2, 0.25) is 0 Å². The summed E-state index contributed by atoms with van der Waals surface area (Å²) in [6.07, 6.45) is 1.96. The number of carbonyl (C=O) groups is 1. The molecule has 2 aromatic heterocycles. The average Bonchev–Trinajstić information content (AvgIpc) is 3.58. The third-order valence-electron chi connectivity index (χ3n) is 7.67. The van der Waals surface area contributed by atoms with Crippen molar-refractivity contribution < 1.29 is 14.3 Å². The van der Waals surface area contributed by atoms with E-state index in [0.717, 1.165) is 58.7 Å². The minimum absolute atomic E-state index is 0.0816. The van der Waals surface area contributed by atoms with Gasteiger partial charge in [-0.1, -0.05) is 13.8 Å². The van der Waals surface area contributed by atoms with Crippen LogP contribution in [0.3, 0.4) is 0 Å². The first-order valence-corrected chi connectivity index (χ1v) is 14.6. The molecule has 1 aliphatic rings. The number of aromatic nitrogens is 2. The molecule has 1 fully saturated rings. The molecule has 3 heterocycles. The molecule has 1 amide bonds. The van der Waals surface area contributed by atoms with Crippen molar-refractivity contribution in [3.05, 3.63) is 53.0 Å². The highest BCUT2D eigenvalue weighted by molar-refractivity contribution is 7.13. The van der Waals surface area contributed by atoms with Gasteiger partial charge in [0.15, 0.2) is 11.5 Å². The summed E-state index contributed by atoms with van der Waals surface area (Å²) in [6, 6.07) is 13.1. The number of nitrogens with zero attached hydrogens (tertiary/aromatic N) is 2. The Kier molecular flexibility index (Phi) is 7.96. The summed E-state index contributed by atoms with van der Waals surface area (Å²) in [6.45, 7) is 10.9. The van der Waals surface area contributed by atoms with Gasteiger partial charge in [0.05, 0.1) is 19.9 Å². The van der Waals surface area contributed by atoms with Gasteiger partial charge < -0.3 is 24.7 Å². The maximum Gasteiger partial charge on any atom is 0.270 e. The molecule has 4 aromatic rings. The molecule has 1 saturated heterocycles. The number of aromatic amines is 1. The number of hydrogen-bond donors (Lipinski definition) is 2. The number of methoxy groups -OCH3 is 2. The number of fused-ring (bicyclic) bond motifs is 1. The molecule has 0 bridgehead atoms. The van der Waals surface area contributed by atoms with Gasteiger partial charge in [-0.3, -0.25) is 4.79 Å². The fraction of sp³-hybridized carbons (Fsp3) is 0.419. The Morgan fingerprint density at radius 2 is 1.74 bits per heavy atom. The lowest BCUT2D eigenvalue weighted by Gasteiger charge is -2.34. The molecule has 0 spiro atoms. The Labute approximate surface area is 234 Å². The van der Waals surface area contributed by atoms with E-state index in [1.165, 1.54) is 16.9 Å². The average molecular weight is 547 g/mol. The number of H-pyrrole nitrogens is 1. The van der Waals surface area contributed by atoms with Gasteiger partial charge >= 0.3 is 0 Å². The maximum atomic E-state index is 13.0. The van der Waals surface area contributed by atoms with E-state index in [9.17, 15) is 4.79 Å². The molecule has 8 heteroatoms. The molecular weight excluding hydrogens is 508 g/mol. The summed E-state index contributed by atoms with van der Waals surface area (Å²) >= 11 is 1.51. The van der Waals surface area contributed by atoms with Crippen LogP contribution in [0.15, 0.2) is 41.8 Å². The highest BCUT2D eigenvalue weighted by atomic mass is 32.1. The third-order valence-corrected chi connectivity index (χ3v) is 8.56. The van der Waals surface area contributed by atoms with E-state index < -0.39 is 0 Å². The van der Waals surface area contributed by atoms with Crippen molar-refractivity contribution >= 4 is 28.1 Å². The van der Waals surface area contributed by atoms with Gasteiger partial charge in [-0.15, -0.1) is 11.3 Å². The second-order valence-electron chi connectivity index (χ2n) is 10.8. The van der Waals surface area contributed by atoms with Gasteiger partial charge in [-0.25, -0.2) is 4.98 Å². The van der Waals surface area contributed by atoms with Gasteiger partial charge in [-0.05, 0) is 74.6 Å². The smallest absolute Gasteiger partial charge is 0.270 e. The van der Waals surface area contributed by atoms with E-state index >= 15 is 0 Å². The van der Waals surface area contributed by atoms with Crippen LogP contribution < -0.4 is 14.8 Å². The molecule has 206 valence electrons. The Bertz CT molecular complexity index is 1460.